The Labute approximate surface area is 235 Å². The maximum Gasteiger partial charge on any atom is 0.251 e. The van der Waals surface area contributed by atoms with E-state index in [1.54, 1.807) is 6.20 Å². The molecule has 1 unspecified atom stereocenters. The van der Waals surface area contributed by atoms with Gasteiger partial charge in [-0.1, -0.05) is 18.9 Å². The quantitative estimate of drug-likeness (QED) is 0.291. The van der Waals surface area contributed by atoms with Crippen molar-refractivity contribution in [1.29, 1.82) is 0 Å². The number of pyridine rings is 1. The molecule has 3 fully saturated rings. The standard InChI is InChI=1S/C33H37N5O2/c1-38-24-12-13-25(38)20-27(19-24)40-26-14-9-22(10-15-26)31-28-18-23(11-16-29(28)36-37-31)33(39)35-32(21-6-2-3-7-21)30-8-4-5-17-34-30/h4-5,8-11,14-18,21,24-25,27,32H,2-3,6-7,12-13,19-20H2,1H3,(H,35,39)(H,36,37)/t24-,25+,27+,32?. The number of H-pyrrole nitrogens is 1. The van der Waals surface area contributed by atoms with Crippen LogP contribution in [-0.2, 0) is 0 Å². The summed E-state index contributed by atoms with van der Waals surface area (Å²) >= 11 is 0. The van der Waals surface area contributed by atoms with E-state index in [4.69, 9.17) is 4.74 Å². The molecule has 206 valence electrons. The van der Waals surface area contributed by atoms with Crippen molar-refractivity contribution >= 4 is 16.8 Å². The normalized spacial score (nSPS) is 23.9. The Hall–Kier alpha value is -3.71. The molecular weight excluding hydrogens is 498 g/mol. The van der Waals surface area contributed by atoms with E-state index < -0.39 is 0 Å². The van der Waals surface area contributed by atoms with E-state index in [1.165, 1.54) is 25.7 Å². The Bertz CT molecular complexity index is 1460. The Morgan fingerprint density at radius 3 is 2.50 bits per heavy atom. The molecular formula is C33H37N5O2. The molecule has 7 heteroatoms. The number of piperidine rings is 1. The van der Waals surface area contributed by atoms with Crippen molar-refractivity contribution in [1.82, 2.24) is 25.4 Å². The summed E-state index contributed by atoms with van der Waals surface area (Å²) in [4.78, 5) is 20.6. The van der Waals surface area contributed by atoms with E-state index in [0.29, 0.717) is 23.6 Å². The number of hydrogen-bond acceptors (Lipinski definition) is 5. The number of carbonyl (C=O) groups excluding carboxylic acids is 1. The van der Waals surface area contributed by atoms with Crippen LogP contribution < -0.4 is 10.1 Å². The van der Waals surface area contributed by atoms with Gasteiger partial charge in [0, 0.05) is 34.8 Å². The average Bonchev–Trinajstić information content (AvgIpc) is 3.71. The summed E-state index contributed by atoms with van der Waals surface area (Å²) in [6.07, 6.45) is 11.5. The smallest absolute Gasteiger partial charge is 0.251 e. The zero-order valence-corrected chi connectivity index (χ0v) is 23.1. The molecule has 2 aromatic heterocycles. The van der Waals surface area contributed by atoms with Crippen LogP contribution in [0.1, 0.15) is 73.5 Å². The first-order valence-corrected chi connectivity index (χ1v) is 14.8. The first kappa shape index (κ1) is 25.3. The Kier molecular flexibility index (Phi) is 6.76. The highest BCUT2D eigenvalue weighted by Crippen LogP contribution is 2.37. The minimum Gasteiger partial charge on any atom is -0.490 e. The number of carbonyl (C=O) groups is 1. The van der Waals surface area contributed by atoms with Gasteiger partial charge in [0.15, 0.2) is 0 Å². The van der Waals surface area contributed by atoms with E-state index in [9.17, 15) is 4.79 Å². The number of fused-ring (bicyclic) bond motifs is 3. The van der Waals surface area contributed by atoms with Gasteiger partial charge >= 0.3 is 0 Å². The number of nitrogens with zero attached hydrogens (tertiary/aromatic N) is 3. The molecule has 0 radical (unpaired) electrons. The minimum atomic E-state index is -0.0805. The van der Waals surface area contributed by atoms with Crippen molar-refractivity contribution in [3.05, 3.63) is 78.1 Å². The van der Waals surface area contributed by atoms with Crippen molar-refractivity contribution in [2.45, 2.75) is 75.6 Å². The molecule has 1 aliphatic carbocycles. The Morgan fingerprint density at radius 2 is 1.77 bits per heavy atom. The van der Waals surface area contributed by atoms with Gasteiger partial charge in [-0.25, -0.2) is 0 Å². The number of benzene rings is 2. The first-order chi connectivity index (χ1) is 19.6. The van der Waals surface area contributed by atoms with Crippen LogP contribution in [0.5, 0.6) is 5.75 Å². The van der Waals surface area contributed by atoms with Crippen LogP contribution in [0.25, 0.3) is 22.2 Å². The van der Waals surface area contributed by atoms with Crippen molar-refractivity contribution < 1.29 is 9.53 Å². The number of aromatic amines is 1. The monoisotopic (exact) mass is 535 g/mol. The fourth-order valence-electron chi connectivity index (χ4n) is 7.23. The number of ether oxygens (including phenoxy) is 1. The Morgan fingerprint density at radius 1 is 1.00 bits per heavy atom. The van der Waals surface area contributed by atoms with E-state index in [1.807, 2.05) is 48.5 Å². The maximum atomic E-state index is 13.5. The lowest BCUT2D eigenvalue weighted by Crippen LogP contribution is -2.43. The molecule has 2 N–H and O–H groups in total. The summed E-state index contributed by atoms with van der Waals surface area (Å²) in [5.74, 6) is 1.25. The van der Waals surface area contributed by atoms with Gasteiger partial charge in [-0.15, -0.1) is 0 Å². The molecule has 0 spiro atoms. The SMILES string of the molecule is CN1[C@@H]2CC[C@H]1C[C@@H](Oc1ccc(-c3n[nH]c4ccc(C(=O)NC(c5ccccn5)C5CCCC5)cc34)cc1)C2. The summed E-state index contributed by atoms with van der Waals surface area (Å²) < 4.78 is 6.40. The number of amides is 1. The molecule has 4 heterocycles. The molecule has 3 aliphatic rings. The minimum absolute atomic E-state index is 0.0764. The highest BCUT2D eigenvalue weighted by Gasteiger charge is 2.39. The molecule has 2 aromatic carbocycles. The van der Waals surface area contributed by atoms with Crippen molar-refractivity contribution in [3.63, 3.8) is 0 Å². The molecule has 1 amide bonds. The summed E-state index contributed by atoms with van der Waals surface area (Å²) in [5, 5.41) is 12.0. The third kappa shape index (κ3) is 4.87. The maximum absolute atomic E-state index is 13.5. The molecule has 2 saturated heterocycles. The molecule has 7 rings (SSSR count). The van der Waals surface area contributed by atoms with Gasteiger partial charge in [-0.05, 0) is 106 Å². The summed E-state index contributed by atoms with van der Waals surface area (Å²) in [6.45, 7) is 0. The Balaban J connectivity index is 1.09. The van der Waals surface area contributed by atoms with Crippen LogP contribution in [0.2, 0.25) is 0 Å². The van der Waals surface area contributed by atoms with Crippen LogP contribution in [-0.4, -0.2) is 51.2 Å². The zero-order chi connectivity index (χ0) is 27.1. The summed E-state index contributed by atoms with van der Waals surface area (Å²) in [6, 6.07) is 21.2. The summed E-state index contributed by atoms with van der Waals surface area (Å²) in [5.41, 5.74) is 4.31. The fraction of sp³-hybridized carbons (Fsp3) is 0.424. The molecule has 2 bridgehead atoms. The van der Waals surface area contributed by atoms with Crippen LogP contribution in [0.15, 0.2) is 66.9 Å². The predicted molar refractivity (Wildman–Crippen MR) is 156 cm³/mol. The van der Waals surface area contributed by atoms with Crippen LogP contribution in [0, 0.1) is 5.92 Å². The van der Waals surface area contributed by atoms with E-state index in [0.717, 1.165) is 59.3 Å². The number of rotatable bonds is 7. The first-order valence-electron chi connectivity index (χ1n) is 14.8. The van der Waals surface area contributed by atoms with Crippen molar-refractivity contribution in [2.24, 2.45) is 5.92 Å². The fourth-order valence-corrected chi connectivity index (χ4v) is 7.23. The van der Waals surface area contributed by atoms with Crippen LogP contribution in [0.3, 0.4) is 0 Å². The van der Waals surface area contributed by atoms with Gasteiger partial charge in [-0.2, -0.15) is 5.10 Å². The molecule has 1 saturated carbocycles. The lowest BCUT2D eigenvalue weighted by Gasteiger charge is -2.36. The van der Waals surface area contributed by atoms with Gasteiger partial charge < -0.3 is 15.0 Å². The highest BCUT2D eigenvalue weighted by atomic mass is 16.5. The third-order valence-electron chi connectivity index (χ3n) is 9.47. The van der Waals surface area contributed by atoms with Gasteiger partial charge in [0.2, 0.25) is 0 Å². The van der Waals surface area contributed by atoms with Crippen molar-refractivity contribution in [2.75, 3.05) is 7.05 Å². The van der Waals surface area contributed by atoms with E-state index in [-0.39, 0.29) is 18.1 Å². The topological polar surface area (TPSA) is 83.1 Å². The lowest BCUT2D eigenvalue weighted by atomic mass is 9.94. The predicted octanol–water partition coefficient (Wildman–Crippen LogP) is 6.29. The van der Waals surface area contributed by atoms with Gasteiger partial charge in [0.25, 0.3) is 5.91 Å². The van der Waals surface area contributed by atoms with Crippen LogP contribution in [0.4, 0.5) is 0 Å². The molecule has 2 aliphatic heterocycles. The van der Waals surface area contributed by atoms with Crippen molar-refractivity contribution in [3.8, 4) is 17.0 Å². The number of hydrogen-bond donors (Lipinski definition) is 2. The second kappa shape index (κ2) is 10.7. The largest absolute Gasteiger partial charge is 0.490 e. The molecule has 4 aromatic rings. The molecule has 4 atom stereocenters. The second-order valence-electron chi connectivity index (χ2n) is 11.9. The van der Waals surface area contributed by atoms with Crippen LogP contribution >= 0.6 is 0 Å². The van der Waals surface area contributed by atoms with Gasteiger partial charge in [0.05, 0.1) is 22.9 Å². The van der Waals surface area contributed by atoms with Gasteiger partial charge in [-0.3, -0.25) is 14.9 Å². The van der Waals surface area contributed by atoms with Gasteiger partial charge in [0.1, 0.15) is 11.9 Å². The number of nitrogens with one attached hydrogen (secondary N) is 2. The number of aromatic nitrogens is 3. The zero-order valence-electron chi connectivity index (χ0n) is 23.1. The summed E-state index contributed by atoms with van der Waals surface area (Å²) in [7, 11) is 2.26. The molecule has 40 heavy (non-hydrogen) atoms. The lowest BCUT2D eigenvalue weighted by molar-refractivity contribution is 0.0662. The van der Waals surface area contributed by atoms with E-state index >= 15 is 0 Å². The second-order valence-corrected chi connectivity index (χ2v) is 11.9. The van der Waals surface area contributed by atoms with E-state index in [2.05, 4.69) is 44.6 Å². The molecule has 7 nitrogen and oxygen atoms in total. The highest BCUT2D eigenvalue weighted by molar-refractivity contribution is 6.01. The third-order valence-corrected chi connectivity index (χ3v) is 9.47. The average molecular weight is 536 g/mol.